The summed E-state index contributed by atoms with van der Waals surface area (Å²) >= 11 is 0. The van der Waals surface area contributed by atoms with Crippen molar-refractivity contribution in [1.82, 2.24) is 15.1 Å². The van der Waals surface area contributed by atoms with Crippen LogP contribution in [0.15, 0.2) is 48.7 Å². The number of amides is 1. The SMILES string of the molecule is COc1cc(CCNC(=O)Oc2cnn(-c3ccc(F)cc3)c2C(F)(F)F)cc(OC)c1. The van der Waals surface area contributed by atoms with E-state index in [1.807, 2.05) is 0 Å². The van der Waals surface area contributed by atoms with Crippen LogP contribution in [0.3, 0.4) is 0 Å². The second-order valence-electron chi connectivity index (χ2n) is 6.53. The predicted octanol–water partition coefficient (Wildman–Crippen LogP) is 4.38. The van der Waals surface area contributed by atoms with E-state index in [4.69, 9.17) is 14.2 Å². The molecule has 0 spiro atoms. The zero-order valence-electron chi connectivity index (χ0n) is 17.1. The molecule has 0 aliphatic rings. The zero-order chi connectivity index (χ0) is 23.3. The van der Waals surface area contributed by atoms with Crippen LogP contribution in [0.25, 0.3) is 5.69 Å². The van der Waals surface area contributed by atoms with Crippen LogP contribution in [0, 0.1) is 5.82 Å². The number of methoxy groups -OCH3 is 2. The molecule has 2 aromatic carbocycles. The Morgan fingerprint density at radius 3 is 2.25 bits per heavy atom. The normalized spacial score (nSPS) is 11.2. The monoisotopic (exact) mass is 453 g/mol. The fourth-order valence-electron chi connectivity index (χ4n) is 2.90. The molecule has 1 heterocycles. The third kappa shape index (κ3) is 5.48. The van der Waals surface area contributed by atoms with E-state index < -0.39 is 29.5 Å². The number of carbonyl (C=O) groups is 1. The molecule has 7 nitrogen and oxygen atoms in total. The second-order valence-corrected chi connectivity index (χ2v) is 6.53. The maximum Gasteiger partial charge on any atom is 0.437 e. The number of aromatic nitrogens is 2. The van der Waals surface area contributed by atoms with E-state index in [1.165, 1.54) is 14.2 Å². The van der Waals surface area contributed by atoms with Gasteiger partial charge >= 0.3 is 12.3 Å². The lowest BCUT2D eigenvalue weighted by atomic mass is 10.1. The summed E-state index contributed by atoms with van der Waals surface area (Å²) in [5, 5.41) is 6.04. The smallest absolute Gasteiger partial charge is 0.437 e. The van der Waals surface area contributed by atoms with Gasteiger partial charge in [0.2, 0.25) is 0 Å². The van der Waals surface area contributed by atoms with Crippen LogP contribution in [0.1, 0.15) is 11.3 Å². The number of hydrogen-bond acceptors (Lipinski definition) is 5. The molecule has 3 rings (SSSR count). The molecule has 0 atom stereocenters. The Bertz CT molecular complexity index is 1060. The highest BCUT2D eigenvalue weighted by Gasteiger charge is 2.40. The van der Waals surface area contributed by atoms with Crippen LogP contribution in [0.4, 0.5) is 22.4 Å². The average molecular weight is 453 g/mol. The number of nitrogens with zero attached hydrogens (tertiary/aromatic N) is 2. The van der Waals surface area contributed by atoms with Gasteiger partial charge in [0.25, 0.3) is 0 Å². The summed E-state index contributed by atoms with van der Waals surface area (Å²) in [6, 6.07) is 9.42. The molecule has 11 heteroatoms. The van der Waals surface area contributed by atoms with Gasteiger partial charge in [-0.1, -0.05) is 0 Å². The lowest BCUT2D eigenvalue weighted by Gasteiger charge is -2.13. The molecule has 32 heavy (non-hydrogen) atoms. The van der Waals surface area contributed by atoms with E-state index in [0.717, 1.165) is 36.0 Å². The lowest BCUT2D eigenvalue weighted by Crippen LogP contribution is -2.29. The van der Waals surface area contributed by atoms with Gasteiger partial charge < -0.3 is 19.5 Å². The van der Waals surface area contributed by atoms with E-state index in [0.29, 0.717) is 22.6 Å². The molecule has 170 valence electrons. The second kappa shape index (κ2) is 9.58. The minimum atomic E-state index is -4.88. The maximum atomic E-state index is 13.6. The van der Waals surface area contributed by atoms with Crippen molar-refractivity contribution in [2.75, 3.05) is 20.8 Å². The summed E-state index contributed by atoms with van der Waals surface area (Å²) in [5.74, 6) is -0.267. The predicted molar refractivity (Wildman–Crippen MR) is 106 cm³/mol. The molecule has 0 radical (unpaired) electrons. The third-order valence-electron chi connectivity index (χ3n) is 4.37. The van der Waals surface area contributed by atoms with Gasteiger partial charge in [-0.15, -0.1) is 0 Å². The van der Waals surface area contributed by atoms with E-state index in [1.54, 1.807) is 18.2 Å². The first-order chi connectivity index (χ1) is 15.2. The first-order valence-corrected chi connectivity index (χ1v) is 9.30. The van der Waals surface area contributed by atoms with Gasteiger partial charge in [-0.2, -0.15) is 18.3 Å². The summed E-state index contributed by atoms with van der Waals surface area (Å²) in [6.45, 7) is 0.0859. The highest BCUT2D eigenvalue weighted by atomic mass is 19.4. The number of hydrogen-bond donors (Lipinski definition) is 1. The molecule has 1 aromatic heterocycles. The third-order valence-corrected chi connectivity index (χ3v) is 4.37. The molecule has 1 N–H and O–H groups in total. The Morgan fingerprint density at radius 2 is 1.69 bits per heavy atom. The van der Waals surface area contributed by atoms with E-state index in [2.05, 4.69) is 10.4 Å². The van der Waals surface area contributed by atoms with Crippen molar-refractivity contribution in [2.24, 2.45) is 0 Å². The van der Waals surface area contributed by atoms with Crippen molar-refractivity contribution >= 4 is 6.09 Å². The van der Waals surface area contributed by atoms with Crippen molar-refractivity contribution < 1.29 is 36.6 Å². The highest BCUT2D eigenvalue weighted by Crippen LogP contribution is 2.37. The van der Waals surface area contributed by atoms with E-state index >= 15 is 0 Å². The van der Waals surface area contributed by atoms with Crippen LogP contribution in [0.5, 0.6) is 17.2 Å². The first-order valence-electron chi connectivity index (χ1n) is 9.30. The molecule has 0 saturated heterocycles. The molecular formula is C21H19F4N3O4. The number of halogens is 4. The van der Waals surface area contributed by atoms with Gasteiger partial charge in [0.05, 0.1) is 26.1 Å². The standard InChI is InChI=1S/C21H19F4N3O4/c1-30-16-9-13(10-17(11-16)31-2)7-8-26-20(29)32-18-12-27-28(19(18)21(23,24)25)15-5-3-14(22)4-6-15/h3-6,9-12H,7-8H2,1-2H3,(H,26,29). The maximum absolute atomic E-state index is 13.6. The Hall–Kier alpha value is -3.76. The molecule has 1 amide bonds. The fourth-order valence-corrected chi connectivity index (χ4v) is 2.90. The van der Waals surface area contributed by atoms with Crippen molar-refractivity contribution in [2.45, 2.75) is 12.6 Å². The molecule has 0 unspecified atom stereocenters. The number of ether oxygens (including phenoxy) is 3. The van der Waals surface area contributed by atoms with Gasteiger partial charge in [-0.25, -0.2) is 13.9 Å². The van der Waals surface area contributed by atoms with Crippen LogP contribution in [-0.2, 0) is 12.6 Å². The van der Waals surface area contributed by atoms with E-state index in [9.17, 15) is 22.4 Å². The Balaban J connectivity index is 1.69. The number of alkyl halides is 3. The summed E-state index contributed by atoms with van der Waals surface area (Å²) in [5.41, 5.74) is -0.556. The summed E-state index contributed by atoms with van der Waals surface area (Å²) in [4.78, 5) is 12.1. The van der Waals surface area contributed by atoms with Gasteiger partial charge in [0, 0.05) is 12.6 Å². The number of carbonyl (C=O) groups excluding carboxylic acids is 1. The lowest BCUT2D eigenvalue weighted by molar-refractivity contribution is -0.143. The Labute approximate surface area is 180 Å². The van der Waals surface area contributed by atoms with E-state index in [-0.39, 0.29) is 12.2 Å². The quantitative estimate of drug-likeness (QED) is 0.538. The highest BCUT2D eigenvalue weighted by molar-refractivity contribution is 5.70. The minimum absolute atomic E-state index is 0.0408. The Kier molecular flexibility index (Phi) is 6.86. The van der Waals surface area contributed by atoms with Gasteiger partial charge in [0.1, 0.15) is 17.3 Å². The molecule has 0 fully saturated rings. The molecule has 3 aromatic rings. The molecule has 0 bridgehead atoms. The van der Waals surface area contributed by atoms with Crippen LogP contribution in [-0.4, -0.2) is 36.6 Å². The first kappa shape index (κ1) is 22.9. The minimum Gasteiger partial charge on any atom is -0.497 e. The summed E-state index contributed by atoms with van der Waals surface area (Å²) in [7, 11) is 3.00. The van der Waals surface area contributed by atoms with Crippen molar-refractivity contribution in [3.63, 3.8) is 0 Å². The molecular weight excluding hydrogens is 434 g/mol. The molecule has 0 aliphatic carbocycles. The van der Waals surface area contributed by atoms with Gasteiger partial charge in [-0.3, -0.25) is 0 Å². The van der Waals surface area contributed by atoms with Gasteiger partial charge in [-0.05, 0) is 48.4 Å². The zero-order valence-corrected chi connectivity index (χ0v) is 17.1. The largest absolute Gasteiger partial charge is 0.497 e. The van der Waals surface area contributed by atoms with Gasteiger partial charge in [0.15, 0.2) is 11.4 Å². The average Bonchev–Trinajstić information content (AvgIpc) is 3.17. The molecule has 0 aliphatic heterocycles. The topological polar surface area (TPSA) is 74.6 Å². The van der Waals surface area contributed by atoms with Crippen molar-refractivity contribution in [3.8, 4) is 22.9 Å². The van der Waals surface area contributed by atoms with Crippen molar-refractivity contribution in [1.29, 1.82) is 0 Å². The molecule has 0 saturated carbocycles. The van der Waals surface area contributed by atoms with Crippen LogP contribution >= 0.6 is 0 Å². The van der Waals surface area contributed by atoms with Crippen LogP contribution in [0.2, 0.25) is 0 Å². The summed E-state index contributed by atoms with van der Waals surface area (Å²) in [6.07, 6.45) is -4.83. The van der Waals surface area contributed by atoms with Crippen LogP contribution < -0.4 is 19.5 Å². The van der Waals surface area contributed by atoms with Crippen molar-refractivity contribution in [3.05, 3.63) is 65.7 Å². The number of rotatable bonds is 7. The fraction of sp³-hybridized carbons (Fsp3) is 0.238. The Morgan fingerprint density at radius 1 is 1.06 bits per heavy atom. The number of benzene rings is 2. The number of nitrogens with one attached hydrogen (secondary N) is 1. The summed E-state index contributed by atoms with van der Waals surface area (Å²) < 4.78 is 69.6.